The molecular weight excluding hydrogens is 612 g/mol. The number of hydrogen-bond acceptors (Lipinski definition) is 18. The molecule has 3 aliphatic rings. The lowest BCUT2D eigenvalue weighted by atomic mass is 9.82. The van der Waals surface area contributed by atoms with Gasteiger partial charge in [-0.3, -0.25) is 0 Å². The first-order valence-corrected chi connectivity index (χ1v) is 12.5. The molecule has 6 rings (SSSR count). The van der Waals surface area contributed by atoms with E-state index in [2.05, 4.69) is 0 Å². The molecule has 12 N–H and O–H groups in total. The van der Waals surface area contributed by atoms with Crippen LogP contribution in [0.4, 0.5) is 0 Å². The maximum absolute atomic E-state index is 13.4. The second-order valence-electron chi connectivity index (χ2n) is 9.89. The van der Waals surface area contributed by atoms with Gasteiger partial charge in [-0.2, -0.15) is 0 Å². The van der Waals surface area contributed by atoms with Gasteiger partial charge in [0, 0.05) is 16.7 Å². The van der Waals surface area contributed by atoms with Gasteiger partial charge in [0.15, 0.2) is 58.6 Å². The Morgan fingerprint density at radius 1 is 0.733 bits per heavy atom. The van der Waals surface area contributed by atoms with Crippen LogP contribution in [0.25, 0.3) is 11.1 Å². The number of aliphatic hydroxyl groups excluding tert-OH is 3. The second-order valence-corrected chi connectivity index (χ2v) is 9.89. The number of esters is 3. The number of hydrogen-bond donors (Lipinski definition) is 12. The molecule has 3 aromatic carbocycles. The standard InChI is InChI=1S/C27H22O18/c28-4-10(43-25(40)5-1-7(29)15(32)8(30)2-5)17(34)23-24-21(38)14-13(27(42)45-24)12(19(36)22(39)20(14)37)11-6(26(41)44-23)3-9(31)16(33)18(11)35/h1-3,10,17,21,23-24,28-39H,4H2/t10-,17+,21+,23-,24+/m0/s1. The molecule has 18 heteroatoms. The maximum atomic E-state index is 13.4. The van der Waals surface area contributed by atoms with Crippen LogP contribution in [-0.4, -0.2) is 110 Å². The van der Waals surface area contributed by atoms with Gasteiger partial charge in [0.25, 0.3) is 0 Å². The summed E-state index contributed by atoms with van der Waals surface area (Å²) in [6, 6.07) is 1.81. The van der Waals surface area contributed by atoms with Gasteiger partial charge >= 0.3 is 17.9 Å². The summed E-state index contributed by atoms with van der Waals surface area (Å²) in [6.07, 6.45) is -11.4. The molecule has 0 radical (unpaired) electrons. The van der Waals surface area contributed by atoms with Crippen molar-refractivity contribution in [2.24, 2.45) is 0 Å². The summed E-state index contributed by atoms with van der Waals surface area (Å²) in [5, 5.41) is 124. The van der Waals surface area contributed by atoms with Crippen LogP contribution in [0.15, 0.2) is 18.2 Å². The monoisotopic (exact) mass is 634 g/mol. The van der Waals surface area contributed by atoms with Crippen LogP contribution >= 0.6 is 0 Å². The Kier molecular flexibility index (Phi) is 7.28. The largest absolute Gasteiger partial charge is 0.504 e. The van der Waals surface area contributed by atoms with Crippen LogP contribution in [0.2, 0.25) is 0 Å². The third-order valence-corrected chi connectivity index (χ3v) is 7.27. The Balaban J connectivity index is 1.67. The van der Waals surface area contributed by atoms with Crippen molar-refractivity contribution < 1.29 is 89.9 Å². The van der Waals surface area contributed by atoms with E-state index in [0.717, 1.165) is 0 Å². The predicted molar refractivity (Wildman–Crippen MR) is 139 cm³/mol. The van der Waals surface area contributed by atoms with Crippen molar-refractivity contribution in [1.29, 1.82) is 0 Å². The smallest absolute Gasteiger partial charge is 0.339 e. The van der Waals surface area contributed by atoms with E-state index >= 15 is 0 Å². The molecule has 4 bridgehead atoms. The summed E-state index contributed by atoms with van der Waals surface area (Å²) in [4.78, 5) is 39.5. The van der Waals surface area contributed by atoms with Crippen molar-refractivity contribution in [2.75, 3.05) is 6.61 Å². The first-order valence-electron chi connectivity index (χ1n) is 12.5. The normalized spacial score (nSPS) is 20.0. The average Bonchev–Trinajstić information content (AvgIpc) is 3.00. The molecule has 0 unspecified atom stereocenters. The molecular formula is C27H22O18. The molecule has 0 saturated carbocycles. The number of aromatic hydroxyl groups is 9. The molecule has 0 aromatic heterocycles. The highest BCUT2D eigenvalue weighted by Crippen LogP contribution is 2.57. The Hall–Kier alpha value is -5.85. The van der Waals surface area contributed by atoms with Crippen LogP contribution in [0.3, 0.4) is 0 Å². The number of benzene rings is 3. The first kappa shape index (κ1) is 30.6. The van der Waals surface area contributed by atoms with E-state index in [-0.39, 0.29) is 0 Å². The number of rotatable bonds is 5. The van der Waals surface area contributed by atoms with Crippen LogP contribution < -0.4 is 0 Å². The number of ether oxygens (including phenoxy) is 3. The van der Waals surface area contributed by atoms with Crippen LogP contribution in [0.5, 0.6) is 51.7 Å². The van der Waals surface area contributed by atoms with Crippen molar-refractivity contribution in [3.05, 3.63) is 40.5 Å². The lowest BCUT2D eigenvalue weighted by molar-refractivity contribution is -0.152. The summed E-state index contributed by atoms with van der Waals surface area (Å²) < 4.78 is 15.5. The van der Waals surface area contributed by atoms with Crippen LogP contribution in [0, 0.1) is 0 Å². The molecule has 0 spiro atoms. The Labute approximate surface area is 248 Å². The fourth-order valence-corrected chi connectivity index (χ4v) is 5.06. The van der Waals surface area contributed by atoms with Gasteiger partial charge in [-0.1, -0.05) is 0 Å². The topological polar surface area (TPSA) is 322 Å². The Bertz CT molecular complexity index is 1760. The van der Waals surface area contributed by atoms with E-state index < -0.39 is 140 Å². The minimum Gasteiger partial charge on any atom is -0.504 e. The van der Waals surface area contributed by atoms with Gasteiger partial charge in [0.05, 0.1) is 23.3 Å². The number of phenols is 9. The maximum Gasteiger partial charge on any atom is 0.339 e. The molecule has 238 valence electrons. The highest BCUT2D eigenvalue weighted by Gasteiger charge is 2.52. The van der Waals surface area contributed by atoms with Gasteiger partial charge in [-0.25, -0.2) is 14.4 Å². The lowest BCUT2D eigenvalue weighted by Gasteiger charge is -2.39. The SMILES string of the molecule is O=C(O[C@@H](CO)[C@@H](O)[C@@H]1OC(=O)c2cc(O)c(O)c(O)c2-c2c(O)c(O)c(O)c3c2C(=O)O[C@@H]1[C@@H]3O)c1cc(O)c(O)c(O)c1. The highest BCUT2D eigenvalue weighted by atomic mass is 16.6. The summed E-state index contributed by atoms with van der Waals surface area (Å²) in [5.74, 6) is -15.2. The first-order chi connectivity index (χ1) is 21.1. The number of phenolic OH excluding ortho intramolecular Hbond substituents is 9. The number of carbonyl (C=O) groups is 3. The Morgan fingerprint density at radius 3 is 1.91 bits per heavy atom. The van der Waals surface area contributed by atoms with E-state index in [1.807, 2.05) is 0 Å². The van der Waals surface area contributed by atoms with E-state index in [4.69, 9.17) is 14.2 Å². The average molecular weight is 634 g/mol. The lowest BCUT2D eigenvalue weighted by Crippen LogP contribution is -2.54. The third-order valence-electron chi connectivity index (χ3n) is 7.27. The van der Waals surface area contributed by atoms with Crippen molar-refractivity contribution in [2.45, 2.75) is 30.5 Å². The van der Waals surface area contributed by atoms with Crippen molar-refractivity contribution in [3.8, 4) is 62.9 Å². The molecule has 45 heavy (non-hydrogen) atoms. The molecule has 0 fully saturated rings. The zero-order valence-electron chi connectivity index (χ0n) is 22.1. The summed E-state index contributed by atoms with van der Waals surface area (Å²) in [5.41, 5.74) is -5.22. The molecule has 3 aromatic rings. The van der Waals surface area contributed by atoms with Gasteiger partial charge in [-0.05, 0) is 18.2 Å². The summed E-state index contributed by atoms with van der Waals surface area (Å²) in [7, 11) is 0. The molecule has 3 heterocycles. The minimum atomic E-state index is -2.43. The molecule has 5 atom stereocenters. The van der Waals surface area contributed by atoms with Gasteiger partial charge in [0.2, 0.25) is 11.5 Å². The van der Waals surface area contributed by atoms with Gasteiger partial charge < -0.3 is 75.5 Å². The molecule has 18 nitrogen and oxygen atoms in total. The highest BCUT2D eigenvalue weighted by molar-refractivity contribution is 6.10. The van der Waals surface area contributed by atoms with E-state index in [1.165, 1.54) is 0 Å². The molecule has 0 amide bonds. The fourth-order valence-electron chi connectivity index (χ4n) is 5.06. The molecule has 3 aliphatic heterocycles. The number of aliphatic hydroxyl groups is 3. The van der Waals surface area contributed by atoms with Crippen molar-refractivity contribution in [3.63, 3.8) is 0 Å². The van der Waals surface area contributed by atoms with Crippen molar-refractivity contribution in [1.82, 2.24) is 0 Å². The fraction of sp³-hybridized carbons (Fsp3) is 0.222. The van der Waals surface area contributed by atoms with E-state index in [1.54, 1.807) is 0 Å². The summed E-state index contributed by atoms with van der Waals surface area (Å²) >= 11 is 0. The summed E-state index contributed by atoms with van der Waals surface area (Å²) in [6.45, 7) is -1.25. The van der Waals surface area contributed by atoms with Crippen molar-refractivity contribution >= 4 is 17.9 Å². The minimum absolute atomic E-state index is 0.510. The molecule has 0 saturated heterocycles. The van der Waals surface area contributed by atoms with Crippen LogP contribution in [-0.2, 0) is 14.2 Å². The van der Waals surface area contributed by atoms with Gasteiger partial charge in [0.1, 0.15) is 12.2 Å². The zero-order chi connectivity index (χ0) is 33.2. The third kappa shape index (κ3) is 4.60. The second kappa shape index (κ2) is 10.7. The molecule has 0 aliphatic carbocycles. The van der Waals surface area contributed by atoms with Gasteiger partial charge in [-0.15, -0.1) is 0 Å². The zero-order valence-corrected chi connectivity index (χ0v) is 22.1. The predicted octanol–water partition coefficient (Wildman–Crippen LogP) is -0.606. The number of carbonyl (C=O) groups excluding carboxylic acids is 3. The quantitative estimate of drug-likeness (QED) is 0.0946. The van der Waals surface area contributed by atoms with Crippen LogP contribution in [0.1, 0.15) is 42.7 Å². The van der Waals surface area contributed by atoms with E-state index in [9.17, 15) is 75.7 Å². The Morgan fingerprint density at radius 2 is 1.31 bits per heavy atom. The van der Waals surface area contributed by atoms with E-state index in [0.29, 0.717) is 18.2 Å². The number of fused-ring (bicyclic) bond motifs is 3.